The summed E-state index contributed by atoms with van der Waals surface area (Å²) in [5.74, 6) is 0.688. The Bertz CT molecular complexity index is 1700. The Morgan fingerprint density at radius 2 is 1.84 bits per heavy atom. The zero-order chi connectivity index (χ0) is 26.1. The maximum Gasteiger partial charge on any atom is 0.263 e. The van der Waals surface area contributed by atoms with Crippen molar-refractivity contribution in [1.82, 2.24) is 19.7 Å². The average Bonchev–Trinajstić information content (AvgIpc) is 3.36. The number of carbonyl (C=O) groups is 1. The summed E-state index contributed by atoms with van der Waals surface area (Å²) in [6.45, 7) is 5.60. The summed E-state index contributed by atoms with van der Waals surface area (Å²) in [6.07, 6.45) is 1.54. The topological polar surface area (TPSA) is 112 Å². The van der Waals surface area contributed by atoms with Crippen LogP contribution in [0.15, 0.2) is 70.1 Å². The summed E-state index contributed by atoms with van der Waals surface area (Å²) in [4.78, 5) is 35.5. The lowest BCUT2D eigenvalue weighted by atomic mass is 10.1. The minimum atomic E-state index is -0.311. The molecule has 0 fully saturated rings. The van der Waals surface area contributed by atoms with Crippen molar-refractivity contribution in [2.75, 3.05) is 12.4 Å². The zero-order valence-corrected chi connectivity index (χ0v) is 20.9. The normalized spacial score (nSPS) is 11.0. The molecule has 0 saturated heterocycles. The summed E-state index contributed by atoms with van der Waals surface area (Å²) in [6, 6.07) is 16.6. The number of nitrogens with one attached hydrogen (secondary N) is 1. The molecule has 37 heavy (non-hydrogen) atoms. The Balaban J connectivity index is 1.56. The van der Waals surface area contributed by atoms with Gasteiger partial charge in [-0.05, 0) is 56.2 Å². The molecule has 0 saturated carbocycles. The number of fused-ring (bicyclic) bond motifs is 1. The molecule has 0 bridgehead atoms. The molecule has 9 heteroatoms. The number of aryl methyl sites for hydroxylation is 3. The number of pyridine rings is 2. The van der Waals surface area contributed by atoms with Crippen LogP contribution in [-0.2, 0) is 11.3 Å². The minimum absolute atomic E-state index is 0.0697. The number of hydrogen-bond donors (Lipinski definition) is 1. The fraction of sp³-hybridized carbons (Fsp3) is 0.179. The summed E-state index contributed by atoms with van der Waals surface area (Å²) in [5, 5.41) is 7.33. The number of aromatic nitrogens is 4. The monoisotopic (exact) mass is 495 g/mol. The molecule has 0 unspecified atom stereocenters. The number of carbonyl (C=O) groups excluding carboxylic acids is 1. The van der Waals surface area contributed by atoms with Crippen molar-refractivity contribution < 1.29 is 14.1 Å². The van der Waals surface area contributed by atoms with E-state index in [2.05, 4.69) is 20.4 Å². The molecular weight excluding hydrogens is 470 g/mol. The summed E-state index contributed by atoms with van der Waals surface area (Å²) < 4.78 is 12.5. The second-order valence-corrected chi connectivity index (χ2v) is 8.81. The van der Waals surface area contributed by atoms with E-state index in [9.17, 15) is 9.59 Å². The van der Waals surface area contributed by atoms with Gasteiger partial charge in [0.05, 0.1) is 18.2 Å². The van der Waals surface area contributed by atoms with Gasteiger partial charge in [0, 0.05) is 17.5 Å². The van der Waals surface area contributed by atoms with E-state index in [1.807, 2.05) is 57.2 Å². The van der Waals surface area contributed by atoms with Crippen LogP contribution in [0.25, 0.3) is 33.9 Å². The van der Waals surface area contributed by atoms with Crippen LogP contribution in [0.2, 0.25) is 0 Å². The van der Waals surface area contributed by atoms with Gasteiger partial charge in [0.1, 0.15) is 23.5 Å². The zero-order valence-electron chi connectivity index (χ0n) is 20.9. The number of rotatable bonds is 6. The highest BCUT2D eigenvalue weighted by atomic mass is 16.5. The van der Waals surface area contributed by atoms with E-state index in [0.29, 0.717) is 34.0 Å². The van der Waals surface area contributed by atoms with Crippen LogP contribution in [0.5, 0.6) is 5.75 Å². The van der Waals surface area contributed by atoms with Crippen LogP contribution >= 0.6 is 0 Å². The Morgan fingerprint density at radius 1 is 1.03 bits per heavy atom. The van der Waals surface area contributed by atoms with E-state index in [-0.39, 0.29) is 29.3 Å². The van der Waals surface area contributed by atoms with Crippen LogP contribution in [0.4, 0.5) is 5.69 Å². The molecule has 9 nitrogen and oxygen atoms in total. The first-order chi connectivity index (χ1) is 17.8. The molecular formula is C28H25N5O4. The van der Waals surface area contributed by atoms with Crippen LogP contribution in [0, 0.1) is 20.8 Å². The summed E-state index contributed by atoms with van der Waals surface area (Å²) in [5.41, 5.74) is 4.31. The Morgan fingerprint density at radius 3 is 2.62 bits per heavy atom. The fourth-order valence-electron chi connectivity index (χ4n) is 4.16. The third kappa shape index (κ3) is 4.71. The number of hydrogen-bond acceptors (Lipinski definition) is 7. The number of benzene rings is 2. The average molecular weight is 496 g/mol. The number of anilines is 1. The lowest BCUT2D eigenvalue weighted by molar-refractivity contribution is -0.116. The van der Waals surface area contributed by atoms with Gasteiger partial charge >= 0.3 is 0 Å². The molecule has 5 rings (SSSR count). The number of amides is 1. The van der Waals surface area contributed by atoms with Gasteiger partial charge in [-0.2, -0.15) is 4.98 Å². The molecule has 1 N–H and O–H groups in total. The largest absolute Gasteiger partial charge is 0.495 e. The molecule has 5 aromatic rings. The second kappa shape index (κ2) is 9.69. The lowest BCUT2D eigenvalue weighted by Gasteiger charge is -2.14. The van der Waals surface area contributed by atoms with Crippen LogP contribution in [-0.4, -0.2) is 32.7 Å². The highest BCUT2D eigenvalue weighted by molar-refractivity contribution is 5.93. The van der Waals surface area contributed by atoms with Gasteiger partial charge in [0.15, 0.2) is 0 Å². The molecule has 0 spiro atoms. The summed E-state index contributed by atoms with van der Waals surface area (Å²) in [7, 11) is 1.55. The highest BCUT2D eigenvalue weighted by Gasteiger charge is 2.20. The summed E-state index contributed by atoms with van der Waals surface area (Å²) >= 11 is 0. The standard InChI is InChI=1S/C28H25N5O4/c1-16-9-12-23(36-4)22(13-16)30-24(34)15-33-14-21(25(35)20-11-10-18(3)29-27(20)33)28-31-26(32-37-28)19-8-6-5-7-17(19)2/h5-14H,15H2,1-4H3,(H,30,34). The first kappa shape index (κ1) is 23.9. The maximum absolute atomic E-state index is 13.4. The Kier molecular flexibility index (Phi) is 6.27. The predicted molar refractivity (Wildman–Crippen MR) is 141 cm³/mol. The van der Waals surface area contributed by atoms with Gasteiger partial charge in [-0.1, -0.05) is 35.5 Å². The van der Waals surface area contributed by atoms with Crippen molar-refractivity contribution in [2.45, 2.75) is 27.3 Å². The van der Waals surface area contributed by atoms with Crippen LogP contribution in [0.1, 0.15) is 16.8 Å². The van der Waals surface area contributed by atoms with E-state index >= 15 is 0 Å². The van der Waals surface area contributed by atoms with E-state index in [4.69, 9.17) is 9.26 Å². The SMILES string of the molecule is COc1ccc(C)cc1NC(=O)Cn1cc(-c2nc(-c3ccccc3C)no2)c(=O)c2ccc(C)nc21. The van der Waals surface area contributed by atoms with Crippen molar-refractivity contribution in [2.24, 2.45) is 0 Å². The molecule has 0 aliphatic rings. The molecule has 0 aliphatic carbocycles. The van der Waals surface area contributed by atoms with E-state index in [0.717, 1.165) is 16.7 Å². The van der Waals surface area contributed by atoms with Crippen LogP contribution in [0.3, 0.4) is 0 Å². The molecule has 0 radical (unpaired) electrons. The van der Waals surface area contributed by atoms with E-state index in [1.54, 1.807) is 36.1 Å². The molecule has 3 aromatic heterocycles. The second-order valence-electron chi connectivity index (χ2n) is 8.81. The Hall–Kier alpha value is -4.79. The van der Waals surface area contributed by atoms with Gasteiger partial charge < -0.3 is 19.1 Å². The molecule has 0 aliphatic heterocycles. The van der Waals surface area contributed by atoms with E-state index in [1.165, 1.54) is 0 Å². The third-order valence-electron chi connectivity index (χ3n) is 6.05. The van der Waals surface area contributed by atoms with Crippen LogP contribution < -0.4 is 15.5 Å². The number of ether oxygens (including phenoxy) is 1. The fourth-order valence-corrected chi connectivity index (χ4v) is 4.16. The minimum Gasteiger partial charge on any atom is -0.495 e. The van der Waals surface area contributed by atoms with Crippen molar-refractivity contribution >= 4 is 22.6 Å². The highest BCUT2D eigenvalue weighted by Crippen LogP contribution is 2.26. The van der Waals surface area contributed by atoms with Gasteiger partial charge in [0.2, 0.25) is 17.2 Å². The van der Waals surface area contributed by atoms with Crippen molar-refractivity contribution in [1.29, 1.82) is 0 Å². The van der Waals surface area contributed by atoms with Gasteiger partial charge in [-0.25, -0.2) is 4.98 Å². The van der Waals surface area contributed by atoms with E-state index < -0.39 is 0 Å². The number of nitrogens with zero attached hydrogens (tertiary/aromatic N) is 4. The maximum atomic E-state index is 13.4. The van der Waals surface area contributed by atoms with Crippen molar-refractivity contribution in [3.05, 3.63) is 87.8 Å². The first-order valence-corrected chi connectivity index (χ1v) is 11.7. The molecule has 3 heterocycles. The third-order valence-corrected chi connectivity index (χ3v) is 6.05. The number of methoxy groups -OCH3 is 1. The molecule has 1 amide bonds. The first-order valence-electron chi connectivity index (χ1n) is 11.7. The molecule has 0 atom stereocenters. The smallest absolute Gasteiger partial charge is 0.263 e. The van der Waals surface area contributed by atoms with Gasteiger partial charge in [-0.15, -0.1) is 0 Å². The van der Waals surface area contributed by atoms with Crippen molar-refractivity contribution in [3.63, 3.8) is 0 Å². The predicted octanol–water partition coefficient (Wildman–Crippen LogP) is 4.69. The molecule has 186 valence electrons. The van der Waals surface area contributed by atoms with Gasteiger partial charge in [0.25, 0.3) is 5.89 Å². The molecule has 2 aromatic carbocycles. The Labute approximate surface area is 212 Å². The van der Waals surface area contributed by atoms with Crippen molar-refractivity contribution in [3.8, 4) is 28.6 Å². The van der Waals surface area contributed by atoms with Gasteiger partial charge in [-0.3, -0.25) is 9.59 Å². The lowest BCUT2D eigenvalue weighted by Crippen LogP contribution is -2.22. The quantitative estimate of drug-likeness (QED) is 0.364.